The fourth-order valence-corrected chi connectivity index (χ4v) is 7.75. The van der Waals surface area contributed by atoms with E-state index in [9.17, 15) is 19.2 Å². The summed E-state index contributed by atoms with van der Waals surface area (Å²) >= 11 is 0. The lowest BCUT2D eigenvalue weighted by molar-refractivity contribution is -0.144. The van der Waals surface area contributed by atoms with E-state index in [-0.39, 0.29) is 35.6 Å². The van der Waals surface area contributed by atoms with Crippen molar-refractivity contribution in [1.82, 2.24) is 15.5 Å². The minimum Gasteiger partial charge on any atom is -0.346 e. The Morgan fingerprint density at radius 2 is 1.73 bits per heavy atom. The molecule has 5 atom stereocenters. The molecular weight excluding hydrogens is 468 g/mol. The van der Waals surface area contributed by atoms with Gasteiger partial charge >= 0.3 is 0 Å². The average molecular weight is 513 g/mol. The monoisotopic (exact) mass is 512 g/mol. The van der Waals surface area contributed by atoms with E-state index in [1.807, 2.05) is 0 Å². The molecule has 0 aromatic carbocycles. The van der Waals surface area contributed by atoms with Crippen molar-refractivity contribution in [2.24, 2.45) is 34.8 Å². The highest BCUT2D eigenvalue weighted by molar-refractivity contribution is 6.38. The molecule has 0 aromatic heterocycles. The van der Waals surface area contributed by atoms with Crippen LogP contribution in [0.2, 0.25) is 0 Å². The van der Waals surface area contributed by atoms with E-state index in [0.717, 1.165) is 57.8 Å². The fourth-order valence-electron chi connectivity index (χ4n) is 7.75. The number of nitrogens with one attached hydrogen (secondary N) is 2. The first-order valence-electron chi connectivity index (χ1n) is 14.6. The maximum Gasteiger partial charge on any atom is 0.289 e. The molecule has 3 amide bonds. The van der Waals surface area contributed by atoms with Crippen LogP contribution >= 0.6 is 0 Å². The van der Waals surface area contributed by atoms with Gasteiger partial charge in [0.25, 0.3) is 5.91 Å². The van der Waals surface area contributed by atoms with E-state index < -0.39 is 29.8 Å². The Morgan fingerprint density at radius 1 is 1.00 bits per heavy atom. The molecule has 0 radical (unpaired) electrons. The molecule has 4 aliphatic carbocycles. The summed E-state index contributed by atoms with van der Waals surface area (Å²) in [6, 6.07) is -2.07. The van der Waals surface area contributed by atoms with Crippen molar-refractivity contribution in [3.05, 3.63) is 12.7 Å². The number of ketones is 1. The third-order valence-corrected chi connectivity index (χ3v) is 10.4. The van der Waals surface area contributed by atoms with Crippen LogP contribution in [0, 0.1) is 29.1 Å². The normalized spacial score (nSPS) is 30.2. The number of Topliss-reactive ketones (excluding diaryl/α,β-unsaturated/α-hetero) is 1. The number of nitrogens with zero attached hydrogens (tertiary/aromatic N) is 1. The number of nitrogens with two attached hydrogens (primary N) is 1. The number of rotatable bonds is 10. The fraction of sp³-hybridized carbons (Fsp3) is 0.793. The first kappa shape index (κ1) is 26.4. The Kier molecular flexibility index (Phi) is 7.75. The third kappa shape index (κ3) is 5.23. The van der Waals surface area contributed by atoms with Crippen LogP contribution in [0.3, 0.4) is 0 Å². The molecule has 5 rings (SSSR count). The van der Waals surface area contributed by atoms with Crippen LogP contribution in [-0.2, 0) is 19.2 Å². The van der Waals surface area contributed by atoms with Crippen molar-refractivity contribution in [2.75, 3.05) is 13.1 Å². The molecule has 4 saturated carbocycles. The second-order valence-corrected chi connectivity index (χ2v) is 12.5. The summed E-state index contributed by atoms with van der Waals surface area (Å²) in [5.41, 5.74) is 6.83. The van der Waals surface area contributed by atoms with Gasteiger partial charge in [-0.25, -0.2) is 0 Å². The van der Waals surface area contributed by atoms with Crippen LogP contribution in [0.4, 0.5) is 0 Å². The lowest BCUT2D eigenvalue weighted by atomic mass is 9.80. The Balaban J connectivity index is 1.34. The summed E-state index contributed by atoms with van der Waals surface area (Å²) in [4.78, 5) is 55.1. The molecule has 5 aliphatic rings. The summed E-state index contributed by atoms with van der Waals surface area (Å²) < 4.78 is 0. The van der Waals surface area contributed by atoms with Crippen LogP contribution in [0.15, 0.2) is 12.7 Å². The second kappa shape index (κ2) is 10.9. The standard InChI is InChI=1S/C29H44N4O4/c1-2-15-31-27(36)25(34)22(16-18-7-6-8-18)32-26(35)24-20-11-12-29(13-14-29)21(20)17-33(24)28(37)23(30)19-9-4-3-5-10-19/h2,18-24H,1,3-17,30H2,(H,31,36)(H,32,35)/t20-,21-,22?,23-,24-/m0/s1. The van der Waals surface area contributed by atoms with Gasteiger partial charge in [0.05, 0.1) is 12.1 Å². The number of carbonyl (C=O) groups excluding carboxylic acids is 4. The van der Waals surface area contributed by atoms with Crippen molar-refractivity contribution in [1.29, 1.82) is 0 Å². The molecule has 1 aliphatic heterocycles. The largest absolute Gasteiger partial charge is 0.346 e. The van der Waals surface area contributed by atoms with E-state index in [1.165, 1.54) is 25.3 Å². The average Bonchev–Trinajstić information content (AvgIpc) is 3.46. The zero-order chi connectivity index (χ0) is 26.2. The number of carbonyl (C=O) groups is 4. The van der Waals surface area contributed by atoms with Gasteiger partial charge in [-0.3, -0.25) is 19.2 Å². The molecule has 1 unspecified atom stereocenters. The van der Waals surface area contributed by atoms with Crippen LogP contribution in [0.5, 0.6) is 0 Å². The highest BCUT2D eigenvalue weighted by Gasteiger charge is 2.63. The zero-order valence-corrected chi connectivity index (χ0v) is 22.1. The molecular formula is C29H44N4O4. The van der Waals surface area contributed by atoms with E-state index in [2.05, 4.69) is 17.2 Å². The Bertz CT molecular complexity index is 921. The lowest BCUT2D eigenvalue weighted by Crippen LogP contribution is -2.58. The number of likely N-dealkylation sites (tertiary alicyclic amines) is 1. The number of amides is 3. The third-order valence-electron chi connectivity index (χ3n) is 10.4. The molecule has 1 saturated heterocycles. The quantitative estimate of drug-likeness (QED) is 0.307. The predicted octanol–water partition coefficient (Wildman–Crippen LogP) is 2.46. The molecule has 1 spiro atoms. The van der Waals surface area contributed by atoms with Crippen LogP contribution in [0.25, 0.3) is 0 Å². The van der Waals surface area contributed by atoms with Crippen LogP contribution in [0.1, 0.15) is 83.5 Å². The van der Waals surface area contributed by atoms with E-state index in [0.29, 0.717) is 24.8 Å². The zero-order valence-electron chi connectivity index (χ0n) is 22.1. The van der Waals surface area contributed by atoms with E-state index in [1.54, 1.807) is 4.90 Å². The molecule has 5 fully saturated rings. The van der Waals surface area contributed by atoms with Crippen molar-refractivity contribution >= 4 is 23.5 Å². The minimum absolute atomic E-state index is 0.0963. The number of hydrogen-bond donors (Lipinski definition) is 3. The first-order valence-corrected chi connectivity index (χ1v) is 14.6. The van der Waals surface area contributed by atoms with Crippen molar-refractivity contribution in [2.45, 2.75) is 102 Å². The lowest BCUT2D eigenvalue weighted by Gasteiger charge is -2.34. The Labute approximate surface area is 220 Å². The molecule has 8 nitrogen and oxygen atoms in total. The summed E-state index contributed by atoms with van der Waals surface area (Å²) in [6.07, 6.45) is 14.8. The molecule has 8 heteroatoms. The van der Waals surface area contributed by atoms with Crippen LogP contribution < -0.4 is 16.4 Å². The van der Waals surface area contributed by atoms with E-state index >= 15 is 0 Å². The molecule has 0 aromatic rings. The topological polar surface area (TPSA) is 122 Å². The van der Waals surface area contributed by atoms with Gasteiger partial charge < -0.3 is 21.3 Å². The number of hydrogen-bond acceptors (Lipinski definition) is 5. The molecule has 0 bridgehead atoms. The van der Waals surface area contributed by atoms with Gasteiger partial charge in [-0.15, -0.1) is 6.58 Å². The van der Waals surface area contributed by atoms with Gasteiger partial charge in [0.2, 0.25) is 17.6 Å². The maximum absolute atomic E-state index is 13.9. The first-order chi connectivity index (χ1) is 17.8. The Morgan fingerprint density at radius 3 is 2.35 bits per heavy atom. The smallest absolute Gasteiger partial charge is 0.289 e. The molecule has 204 valence electrons. The van der Waals surface area contributed by atoms with Gasteiger partial charge in [-0.1, -0.05) is 44.6 Å². The van der Waals surface area contributed by atoms with Crippen molar-refractivity contribution < 1.29 is 19.2 Å². The van der Waals surface area contributed by atoms with Crippen molar-refractivity contribution in [3.63, 3.8) is 0 Å². The molecule has 37 heavy (non-hydrogen) atoms. The second-order valence-electron chi connectivity index (χ2n) is 12.5. The van der Waals surface area contributed by atoms with Crippen molar-refractivity contribution in [3.8, 4) is 0 Å². The predicted molar refractivity (Wildman–Crippen MR) is 140 cm³/mol. The summed E-state index contributed by atoms with van der Waals surface area (Å²) in [5, 5.41) is 5.53. The van der Waals surface area contributed by atoms with Crippen LogP contribution in [-0.4, -0.2) is 59.6 Å². The summed E-state index contributed by atoms with van der Waals surface area (Å²) in [6.45, 7) is 4.37. The maximum atomic E-state index is 13.9. The minimum atomic E-state index is -0.873. The Hall–Kier alpha value is -2.22. The molecule has 4 N–H and O–H groups in total. The highest BCUT2D eigenvalue weighted by atomic mass is 16.2. The van der Waals surface area contributed by atoms with E-state index in [4.69, 9.17) is 5.73 Å². The molecule has 1 heterocycles. The van der Waals surface area contributed by atoms with Gasteiger partial charge in [0.15, 0.2) is 0 Å². The van der Waals surface area contributed by atoms with Gasteiger partial charge in [-0.05, 0) is 74.0 Å². The van der Waals surface area contributed by atoms with Gasteiger partial charge in [0.1, 0.15) is 6.04 Å². The summed E-state index contributed by atoms with van der Waals surface area (Å²) in [7, 11) is 0. The summed E-state index contributed by atoms with van der Waals surface area (Å²) in [5.74, 6) is -0.788. The van der Waals surface area contributed by atoms with Gasteiger partial charge in [-0.2, -0.15) is 0 Å². The number of fused-ring (bicyclic) bond motifs is 2. The SMILES string of the molecule is C=CCNC(=O)C(=O)C(CC1CCC1)NC(=O)[C@@H]1[C@H]2CCC3(CC3)[C@H]2CN1C(=O)[C@@H](N)C1CCCCC1. The van der Waals surface area contributed by atoms with Gasteiger partial charge in [0, 0.05) is 13.1 Å². The highest BCUT2D eigenvalue weighted by Crippen LogP contribution is 2.66.